The van der Waals surface area contributed by atoms with Gasteiger partial charge in [0.05, 0.1) is 0 Å². The van der Waals surface area contributed by atoms with Crippen molar-refractivity contribution in [1.29, 1.82) is 0 Å². The van der Waals surface area contributed by atoms with Crippen molar-refractivity contribution in [2.75, 3.05) is 11.8 Å². The van der Waals surface area contributed by atoms with Crippen molar-refractivity contribution in [3.8, 4) is 0 Å². The molecule has 0 heterocycles. The fourth-order valence-corrected chi connectivity index (χ4v) is 3.88. The van der Waals surface area contributed by atoms with Crippen LogP contribution in [0.15, 0.2) is 24.3 Å². The van der Waals surface area contributed by atoms with Crippen LogP contribution in [0.2, 0.25) is 0 Å². The summed E-state index contributed by atoms with van der Waals surface area (Å²) in [6.45, 7) is 4.42. The van der Waals surface area contributed by atoms with Gasteiger partial charge in [-0.25, -0.2) is 0 Å². The van der Waals surface area contributed by atoms with E-state index in [1.165, 1.54) is 56.1 Å². The Hall–Kier alpha value is -0.200. The fraction of sp³-hybridized carbons (Fsp3) is 0.684. The second-order valence-electron chi connectivity index (χ2n) is 6.23. The highest BCUT2D eigenvalue weighted by molar-refractivity contribution is 6.22. The molecule has 0 aliphatic rings. The molecule has 0 saturated carbocycles. The van der Waals surface area contributed by atoms with E-state index >= 15 is 0 Å². The standard InChI is InChI=1S/C19H30Cl2/c1-3-4-5-6-7-8-11-14-19(15-20,16-21)18-13-10-9-12-17(18)2/h9-10,12-13H,3-8,11,14-16H2,1-2H3. The molecule has 0 saturated heterocycles. The summed E-state index contributed by atoms with van der Waals surface area (Å²) in [5.41, 5.74) is 2.58. The molecule has 1 aromatic carbocycles. The normalized spacial score (nSPS) is 11.8. The minimum Gasteiger partial charge on any atom is -0.126 e. The van der Waals surface area contributed by atoms with Gasteiger partial charge < -0.3 is 0 Å². The first-order valence-electron chi connectivity index (χ1n) is 8.38. The fourth-order valence-electron chi connectivity index (χ4n) is 3.04. The van der Waals surface area contributed by atoms with Gasteiger partial charge in [0, 0.05) is 17.2 Å². The van der Waals surface area contributed by atoms with Crippen LogP contribution < -0.4 is 0 Å². The first-order chi connectivity index (χ1) is 10.2. The summed E-state index contributed by atoms with van der Waals surface area (Å²) in [7, 11) is 0. The lowest BCUT2D eigenvalue weighted by atomic mass is 9.77. The van der Waals surface area contributed by atoms with Crippen molar-refractivity contribution in [3.05, 3.63) is 35.4 Å². The molecule has 0 aliphatic carbocycles. The lowest BCUT2D eigenvalue weighted by Crippen LogP contribution is -2.31. The van der Waals surface area contributed by atoms with Crippen LogP contribution in [0.4, 0.5) is 0 Å². The quantitative estimate of drug-likeness (QED) is 0.307. The largest absolute Gasteiger partial charge is 0.126 e. The molecule has 0 aromatic heterocycles. The molecular weight excluding hydrogens is 299 g/mol. The highest BCUT2D eigenvalue weighted by atomic mass is 35.5. The van der Waals surface area contributed by atoms with Gasteiger partial charge in [-0.1, -0.05) is 76.1 Å². The zero-order chi connectivity index (χ0) is 15.6. The summed E-state index contributed by atoms with van der Waals surface area (Å²) in [6.07, 6.45) is 10.4. The lowest BCUT2D eigenvalue weighted by molar-refractivity contribution is 0.449. The maximum absolute atomic E-state index is 6.33. The number of benzene rings is 1. The first-order valence-corrected chi connectivity index (χ1v) is 9.45. The topological polar surface area (TPSA) is 0 Å². The van der Waals surface area contributed by atoms with Crippen molar-refractivity contribution in [2.24, 2.45) is 0 Å². The molecule has 0 aliphatic heterocycles. The second kappa shape index (κ2) is 10.5. The van der Waals surface area contributed by atoms with Crippen LogP contribution in [0, 0.1) is 6.92 Å². The number of alkyl halides is 2. The molecule has 2 heteroatoms. The van der Waals surface area contributed by atoms with Crippen LogP contribution in [0.25, 0.3) is 0 Å². The zero-order valence-corrected chi connectivity index (χ0v) is 15.1. The van der Waals surface area contributed by atoms with Gasteiger partial charge >= 0.3 is 0 Å². The van der Waals surface area contributed by atoms with E-state index in [1.807, 2.05) is 0 Å². The average molecular weight is 329 g/mol. The second-order valence-corrected chi connectivity index (χ2v) is 6.77. The third-order valence-corrected chi connectivity index (χ3v) is 5.51. The van der Waals surface area contributed by atoms with Crippen molar-refractivity contribution < 1.29 is 0 Å². The molecule has 0 N–H and O–H groups in total. The minimum absolute atomic E-state index is 0.0577. The summed E-state index contributed by atoms with van der Waals surface area (Å²) in [5.74, 6) is 1.22. The van der Waals surface area contributed by atoms with Gasteiger partial charge in [-0.2, -0.15) is 0 Å². The van der Waals surface area contributed by atoms with Crippen LogP contribution in [-0.4, -0.2) is 11.8 Å². The highest BCUT2D eigenvalue weighted by Gasteiger charge is 2.31. The number of hydrogen-bond donors (Lipinski definition) is 0. The molecular formula is C19H30Cl2. The molecule has 0 unspecified atom stereocenters. The number of aryl methyl sites for hydroxylation is 1. The predicted octanol–water partition coefficient (Wildman–Crippen LogP) is 6.85. The molecule has 1 aromatic rings. The maximum Gasteiger partial charge on any atom is 0.0332 e. The Labute approximate surface area is 141 Å². The van der Waals surface area contributed by atoms with E-state index in [4.69, 9.17) is 23.2 Å². The molecule has 0 bridgehead atoms. The van der Waals surface area contributed by atoms with Crippen LogP contribution in [-0.2, 0) is 5.41 Å². The van der Waals surface area contributed by atoms with Crippen molar-refractivity contribution in [1.82, 2.24) is 0 Å². The van der Waals surface area contributed by atoms with E-state index in [2.05, 4.69) is 38.1 Å². The molecule has 0 nitrogen and oxygen atoms in total. The minimum atomic E-state index is -0.0577. The number of rotatable bonds is 11. The summed E-state index contributed by atoms with van der Waals surface area (Å²) in [4.78, 5) is 0. The molecule has 1 rings (SSSR count). The Balaban J connectivity index is 2.52. The van der Waals surface area contributed by atoms with Crippen LogP contribution >= 0.6 is 23.2 Å². The molecule has 0 amide bonds. The average Bonchev–Trinajstić information content (AvgIpc) is 2.52. The smallest absolute Gasteiger partial charge is 0.0332 e. The Morgan fingerprint density at radius 2 is 1.43 bits per heavy atom. The molecule has 120 valence electrons. The first kappa shape index (κ1) is 18.8. The number of hydrogen-bond acceptors (Lipinski definition) is 0. The van der Waals surface area contributed by atoms with Gasteiger partial charge in [0.1, 0.15) is 0 Å². The van der Waals surface area contributed by atoms with E-state index in [-0.39, 0.29) is 5.41 Å². The monoisotopic (exact) mass is 328 g/mol. The van der Waals surface area contributed by atoms with Crippen molar-refractivity contribution in [2.45, 2.75) is 70.6 Å². The predicted molar refractivity (Wildman–Crippen MR) is 96.9 cm³/mol. The van der Waals surface area contributed by atoms with Gasteiger partial charge in [-0.3, -0.25) is 0 Å². The molecule has 0 spiro atoms. The van der Waals surface area contributed by atoms with Gasteiger partial charge in [-0.05, 0) is 24.5 Å². The summed E-state index contributed by atoms with van der Waals surface area (Å²) < 4.78 is 0. The number of unbranched alkanes of at least 4 members (excludes halogenated alkanes) is 6. The summed E-state index contributed by atoms with van der Waals surface area (Å²) in [6, 6.07) is 8.54. The van der Waals surface area contributed by atoms with Gasteiger partial charge in [0.2, 0.25) is 0 Å². The van der Waals surface area contributed by atoms with E-state index in [1.54, 1.807) is 0 Å². The van der Waals surface area contributed by atoms with E-state index in [0.29, 0.717) is 11.8 Å². The third-order valence-electron chi connectivity index (χ3n) is 4.49. The molecule has 21 heavy (non-hydrogen) atoms. The van der Waals surface area contributed by atoms with E-state index in [0.717, 1.165) is 6.42 Å². The maximum atomic E-state index is 6.33. The van der Waals surface area contributed by atoms with Crippen LogP contribution in [0.5, 0.6) is 0 Å². The van der Waals surface area contributed by atoms with Crippen molar-refractivity contribution in [3.63, 3.8) is 0 Å². The SMILES string of the molecule is CCCCCCCCCC(CCl)(CCl)c1ccccc1C. The van der Waals surface area contributed by atoms with Crippen molar-refractivity contribution >= 4 is 23.2 Å². The number of halogens is 2. The Bertz CT molecular complexity index is 383. The van der Waals surface area contributed by atoms with Gasteiger partial charge in [0.25, 0.3) is 0 Å². The van der Waals surface area contributed by atoms with E-state index < -0.39 is 0 Å². The zero-order valence-electron chi connectivity index (χ0n) is 13.6. The van der Waals surface area contributed by atoms with Gasteiger partial charge in [0.15, 0.2) is 0 Å². The van der Waals surface area contributed by atoms with Gasteiger partial charge in [-0.15, -0.1) is 23.2 Å². The molecule has 0 fully saturated rings. The Morgan fingerprint density at radius 3 is 2.00 bits per heavy atom. The molecule has 0 radical (unpaired) electrons. The summed E-state index contributed by atoms with van der Waals surface area (Å²) in [5, 5.41) is 0. The molecule has 0 atom stereocenters. The third kappa shape index (κ3) is 5.83. The highest BCUT2D eigenvalue weighted by Crippen LogP contribution is 2.35. The Morgan fingerprint density at radius 1 is 0.857 bits per heavy atom. The lowest BCUT2D eigenvalue weighted by Gasteiger charge is -2.32. The summed E-state index contributed by atoms with van der Waals surface area (Å²) >= 11 is 12.7. The van der Waals surface area contributed by atoms with Crippen LogP contribution in [0.3, 0.4) is 0 Å². The van der Waals surface area contributed by atoms with Crippen LogP contribution in [0.1, 0.15) is 69.4 Å². The van der Waals surface area contributed by atoms with E-state index in [9.17, 15) is 0 Å². The Kier molecular flexibility index (Phi) is 9.44.